The van der Waals surface area contributed by atoms with Crippen LogP contribution < -0.4 is 4.90 Å². The van der Waals surface area contributed by atoms with Crippen LogP contribution >= 0.6 is 0 Å². The molecule has 1 aromatic heterocycles. The van der Waals surface area contributed by atoms with Crippen molar-refractivity contribution < 1.29 is 18.0 Å². The van der Waals surface area contributed by atoms with Crippen LogP contribution in [0.4, 0.5) is 18.9 Å². The standard InChI is InChI=1S/C16H12F3N3O/c1-3-11-8-20-22-10(2)9-21(15(23)14(11)22)13-6-4-12(5-7-13)16(17,18)19/h1,4-8,10H,9H2,2H3. The molecule has 23 heavy (non-hydrogen) atoms. The van der Waals surface area contributed by atoms with Gasteiger partial charge in [0.05, 0.1) is 23.4 Å². The lowest BCUT2D eigenvalue weighted by Gasteiger charge is -2.32. The average molecular weight is 319 g/mol. The quantitative estimate of drug-likeness (QED) is 0.758. The second-order valence-electron chi connectivity index (χ2n) is 5.31. The third-order valence-corrected chi connectivity index (χ3v) is 3.77. The van der Waals surface area contributed by atoms with Gasteiger partial charge in [0.1, 0.15) is 5.69 Å². The van der Waals surface area contributed by atoms with Crippen molar-refractivity contribution in [2.45, 2.75) is 19.1 Å². The number of fused-ring (bicyclic) bond motifs is 1. The largest absolute Gasteiger partial charge is 0.416 e. The van der Waals surface area contributed by atoms with E-state index in [-0.39, 0.29) is 17.6 Å². The summed E-state index contributed by atoms with van der Waals surface area (Å²) in [4.78, 5) is 14.1. The van der Waals surface area contributed by atoms with E-state index >= 15 is 0 Å². The highest BCUT2D eigenvalue weighted by Crippen LogP contribution is 2.32. The minimum absolute atomic E-state index is 0.132. The molecule has 1 aliphatic rings. The molecule has 2 heterocycles. The zero-order chi connectivity index (χ0) is 16.8. The first-order chi connectivity index (χ1) is 10.8. The van der Waals surface area contributed by atoms with Gasteiger partial charge in [-0.2, -0.15) is 18.3 Å². The molecule has 0 N–H and O–H groups in total. The van der Waals surface area contributed by atoms with E-state index < -0.39 is 11.7 Å². The number of aromatic nitrogens is 2. The number of carbonyl (C=O) groups is 1. The van der Waals surface area contributed by atoms with Crippen molar-refractivity contribution in [3.63, 3.8) is 0 Å². The molecule has 1 aliphatic heterocycles. The molecule has 0 fully saturated rings. The Morgan fingerprint density at radius 3 is 2.52 bits per heavy atom. The van der Waals surface area contributed by atoms with Crippen molar-refractivity contribution in [2.75, 3.05) is 11.4 Å². The summed E-state index contributed by atoms with van der Waals surface area (Å²) in [5.41, 5.74) is 0.294. The summed E-state index contributed by atoms with van der Waals surface area (Å²) >= 11 is 0. The molecule has 1 atom stereocenters. The molecule has 118 valence electrons. The molecular formula is C16H12F3N3O. The van der Waals surface area contributed by atoms with Gasteiger partial charge in [-0.3, -0.25) is 9.48 Å². The van der Waals surface area contributed by atoms with Crippen molar-refractivity contribution in [1.29, 1.82) is 0 Å². The summed E-state index contributed by atoms with van der Waals surface area (Å²) in [5.74, 6) is 2.04. The van der Waals surface area contributed by atoms with Gasteiger partial charge >= 0.3 is 6.18 Å². The Morgan fingerprint density at radius 1 is 1.30 bits per heavy atom. The summed E-state index contributed by atoms with van der Waals surface area (Å²) in [7, 11) is 0. The SMILES string of the molecule is C#Cc1cnn2c1C(=O)N(c1ccc(C(F)(F)F)cc1)CC2C. The average Bonchev–Trinajstić information content (AvgIpc) is 2.95. The molecule has 1 amide bonds. The number of hydrogen-bond donors (Lipinski definition) is 0. The lowest BCUT2D eigenvalue weighted by molar-refractivity contribution is -0.137. The molecule has 0 spiro atoms. The number of hydrogen-bond acceptors (Lipinski definition) is 2. The number of anilines is 1. The molecule has 2 aromatic rings. The van der Waals surface area contributed by atoms with Crippen LogP contribution in [0.5, 0.6) is 0 Å². The predicted octanol–water partition coefficient (Wildman–Crippen LogP) is 3.10. The van der Waals surface area contributed by atoms with Crippen LogP contribution in [0.15, 0.2) is 30.5 Å². The smallest absolute Gasteiger partial charge is 0.305 e. The Bertz CT molecular complexity index is 799. The van der Waals surface area contributed by atoms with Crippen LogP contribution in [0.3, 0.4) is 0 Å². The molecule has 7 heteroatoms. The zero-order valence-corrected chi connectivity index (χ0v) is 12.1. The Balaban J connectivity index is 1.99. The van der Waals surface area contributed by atoms with Crippen LogP contribution in [0.25, 0.3) is 0 Å². The third-order valence-electron chi connectivity index (χ3n) is 3.77. The molecule has 0 bridgehead atoms. The number of halogens is 3. The van der Waals surface area contributed by atoms with Gasteiger partial charge in [0, 0.05) is 12.2 Å². The van der Waals surface area contributed by atoms with Gasteiger partial charge in [0.15, 0.2) is 0 Å². The molecule has 0 aliphatic carbocycles. The third kappa shape index (κ3) is 2.46. The number of benzene rings is 1. The Morgan fingerprint density at radius 2 is 1.96 bits per heavy atom. The highest BCUT2D eigenvalue weighted by Gasteiger charge is 2.34. The highest BCUT2D eigenvalue weighted by atomic mass is 19.4. The van der Waals surface area contributed by atoms with Crippen LogP contribution in [0.1, 0.15) is 34.6 Å². The minimum atomic E-state index is -4.41. The summed E-state index contributed by atoms with van der Waals surface area (Å²) < 4.78 is 39.5. The topological polar surface area (TPSA) is 38.1 Å². The Labute approximate surface area is 130 Å². The number of nitrogens with zero attached hydrogens (tertiary/aromatic N) is 3. The van der Waals surface area contributed by atoms with E-state index in [1.54, 1.807) is 4.68 Å². The zero-order valence-electron chi connectivity index (χ0n) is 12.1. The summed E-state index contributed by atoms with van der Waals surface area (Å²) in [6, 6.07) is 4.36. The van der Waals surface area contributed by atoms with E-state index in [2.05, 4.69) is 11.0 Å². The van der Waals surface area contributed by atoms with E-state index in [1.165, 1.54) is 23.2 Å². The number of terminal acetylenes is 1. The lowest BCUT2D eigenvalue weighted by atomic mass is 10.1. The fraction of sp³-hybridized carbons (Fsp3) is 0.250. The van der Waals surface area contributed by atoms with Crippen molar-refractivity contribution in [1.82, 2.24) is 9.78 Å². The van der Waals surface area contributed by atoms with Gasteiger partial charge in [0.2, 0.25) is 0 Å². The van der Waals surface area contributed by atoms with Crippen molar-refractivity contribution in [2.24, 2.45) is 0 Å². The molecule has 0 saturated carbocycles. The number of rotatable bonds is 1. The van der Waals surface area contributed by atoms with Gasteiger partial charge in [-0.05, 0) is 31.2 Å². The monoisotopic (exact) mass is 319 g/mol. The molecule has 1 unspecified atom stereocenters. The second-order valence-corrected chi connectivity index (χ2v) is 5.31. The fourth-order valence-electron chi connectivity index (χ4n) is 2.62. The summed E-state index contributed by atoms with van der Waals surface area (Å²) in [6.07, 6.45) is 2.41. The summed E-state index contributed by atoms with van der Waals surface area (Å²) in [5, 5.41) is 4.11. The first kappa shape index (κ1) is 15.2. The Hall–Kier alpha value is -2.75. The van der Waals surface area contributed by atoms with Gasteiger partial charge in [0.25, 0.3) is 5.91 Å². The van der Waals surface area contributed by atoms with E-state index in [1.807, 2.05) is 6.92 Å². The molecule has 0 saturated heterocycles. The molecular weight excluding hydrogens is 307 g/mol. The maximum absolute atomic E-state index is 12.6. The first-order valence-electron chi connectivity index (χ1n) is 6.86. The van der Waals surface area contributed by atoms with Crippen molar-refractivity contribution in [3.8, 4) is 12.3 Å². The second kappa shape index (κ2) is 5.16. The first-order valence-corrected chi connectivity index (χ1v) is 6.86. The van der Waals surface area contributed by atoms with Crippen LogP contribution in [0.2, 0.25) is 0 Å². The minimum Gasteiger partial charge on any atom is -0.305 e. The predicted molar refractivity (Wildman–Crippen MR) is 78.0 cm³/mol. The molecule has 1 aromatic carbocycles. The van der Waals surface area contributed by atoms with E-state index in [0.717, 1.165) is 12.1 Å². The number of amides is 1. The van der Waals surface area contributed by atoms with E-state index in [0.29, 0.717) is 17.8 Å². The maximum atomic E-state index is 12.6. The maximum Gasteiger partial charge on any atom is 0.416 e. The number of alkyl halides is 3. The van der Waals surface area contributed by atoms with Gasteiger partial charge < -0.3 is 4.90 Å². The fourth-order valence-corrected chi connectivity index (χ4v) is 2.62. The van der Waals surface area contributed by atoms with E-state index in [9.17, 15) is 18.0 Å². The van der Waals surface area contributed by atoms with Crippen LogP contribution in [-0.2, 0) is 6.18 Å². The Kier molecular flexibility index (Phi) is 3.40. The van der Waals surface area contributed by atoms with Gasteiger partial charge in [-0.1, -0.05) is 5.92 Å². The number of carbonyl (C=O) groups excluding carboxylic acids is 1. The lowest BCUT2D eigenvalue weighted by Crippen LogP contribution is -2.43. The normalized spacial score (nSPS) is 17.8. The van der Waals surface area contributed by atoms with Crippen molar-refractivity contribution >= 4 is 11.6 Å². The van der Waals surface area contributed by atoms with Gasteiger partial charge in [-0.25, -0.2) is 0 Å². The summed E-state index contributed by atoms with van der Waals surface area (Å²) in [6.45, 7) is 2.17. The van der Waals surface area contributed by atoms with Crippen molar-refractivity contribution in [3.05, 3.63) is 47.3 Å². The molecule has 0 radical (unpaired) electrons. The molecule has 3 rings (SSSR count). The molecule has 4 nitrogen and oxygen atoms in total. The van der Waals surface area contributed by atoms with Crippen LogP contribution in [-0.4, -0.2) is 22.2 Å². The van der Waals surface area contributed by atoms with Crippen LogP contribution in [0, 0.1) is 12.3 Å². The van der Waals surface area contributed by atoms with E-state index in [4.69, 9.17) is 6.42 Å². The highest BCUT2D eigenvalue weighted by molar-refractivity contribution is 6.07. The van der Waals surface area contributed by atoms with Gasteiger partial charge in [-0.15, -0.1) is 6.42 Å².